The molecule has 1 aliphatic rings. The first-order chi connectivity index (χ1) is 7.97. The summed E-state index contributed by atoms with van der Waals surface area (Å²) in [6.45, 7) is 7.76. The fourth-order valence-corrected chi connectivity index (χ4v) is 3.35. The number of nitrogens with two attached hydrogens (primary N) is 1. The van der Waals surface area contributed by atoms with E-state index in [9.17, 15) is 0 Å². The van der Waals surface area contributed by atoms with Crippen LogP contribution in [0.5, 0.6) is 5.75 Å². The molecule has 0 amide bonds. The van der Waals surface area contributed by atoms with Crippen molar-refractivity contribution >= 4 is 0 Å². The molecular formula is C15H23NO. The van der Waals surface area contributed by atoms with Crippen LogP contribution in [0.4, 0.5) is 0 Å². The van der Waals surface area contributed by atoms with Crippen molar-refractivity contribution in [2.75, 3.05) is 13.7 Å². The van der Waals surface area contributed by atoms with Crippen LogP contribution in [0.15, 0.2) is 24.3 Å². The summed E-state index contributed by atoms with van der Waals surface area (Å²) in [4.78, 5) is 0. The van der Waals surface area contributed by atoms with E-state index in [1.165, 1.54) is 5.56 Å². The van der Waals surface area contributed by atoms with Gasteiger partial charge < -0.3 is 10.5 Å². The van der Waals surface area contributed by atoms with Crippen molar-refractivity contribution in [1.29, 1.82) is 0 Å². The van der Waals surface area contributed by atoms with E-state index in [-0.39, 0.29) is 0 Å². The largest absolute Gasteiger partial charge is 0.496 e. The van der Waals surface area contributed by atoms with Crippen LogP contribution in [0.1, 0.15) is 26.3 Å². The first-order valence-corrected chi connectivity index (χ1v) is 6.29. The van der Waals surface area contributed by atoms with Crippen molar-refractivity contribution in [3.8, 4) is 5.75 Å². The summed E-state index contributed by atoms with van der Waals surface area (Å²) >= 11 is 0. The first kappa shape index (κ1) is 12.4. The van der Waals surface area contributed by atoms with Crippen LogP contribution in [-0.2, 0) is 6.42 Å². The Kier molecular flexibility index (Phi) is 2.94. The zero-order valence-electron chi connectivity index (χ0n) is 11.3. The summed E-state index contributed by atoms with van der Waals surface area (Å²) in [6.07, 6.45) is 1.05. The van der Waals surface area contributed by atoms with Gasteiger partial charge in [-0.1, -0.05) is 39.0 Å². The lowest BCUT2D eigenvalue weighted by Gasteiger charge is -2.17. The fourth-order valence-electron chi connectivity index (χ4n) is 3.35. The highest BCUT2D eigenvalue weighted by Gasteiger charge is 2.66. The van der Waals surface area contributed by atoms with Gasteiger partial charge in [0.2, 0.25) is 0 Å². The van der Waals surface area contributed by atoms with Gasteiger partial charge in [-0.2, -0.15) is 0 Å². The number of methoxy groups -OCH3 is 1. The number of para-hydroxylation sites is 1. The molecule has 2 N–H and O–H groups in total. The molecule has 0 aromatic heterocycles. The van der Waals surface area contributed by atoms with Crippen LogP contribution in [0.2, 0.25) is 0 Å². The quantitative estimate of drug-likeness (QED) is 0.868. The Morgan fingerprint density at radius 2 is 1.88 bits per heavy atom. The van der Waals surface area contributed by atoms with Gasteiger partial charge >= 0.3 is 0 Å². The van der Waals surface area contributed by atoms with Crippen LogP contribution in [0.25, 0.3) is 0 Å². The standard InChI is InChI=1S/C15H23NO/c1-14(2)13(10-16)15(14,3)9-11-7-5-6-8-12(11)17-4/h5-8,13H,9-10,16H2,1-4H3. The molecule has 94 valence electrons. The van der Waals surface area contributed by atoms with Gasteiger partial charge in [-0.05, 0) is 41.3 Å². The van der Waals surface area contributed by atoms with Crippen LogP contribution >= 0.6 is 0 Å². The summed E-state index contributed by atoms with van der Waals surface area (Å²) in [5, 5.41) is 0. The molecule has 17 heavy (non-hydrogen) atoms. The summed E-state index contributed by atoms with van der Waals surface area (Å²) in [7, 11) is 1.74. The van der Waals surface area contributed by atoms with E-state index in [0.717, 1.165) is 18.7 Å². The van der Waals surface area contributed by atoms with Crippen molar-refractivity contribution in [3.63, 3.8) is 0 Å². The van der Waals surface area contributed by atoms with E-state index in [1.807, 2.05) is 12.1 Å². The lowest BCUT2D eigenvalue weighted by Crippen LogP contribution is -2.11. The van der Waals surface area contributed by atoms with E-state index < -0.39 is 0 Å². The highest BCUT2D eigenvalue weighted by atomic mass is 16.5. The summed E-state index contributed by atoms with van der Waals surface area (Å²) in [5.74, 6) is 1.60. The van der Waals surface area contributed by atoms with Gasteiger partial charge in [0.1, 0.15) is 5.75 Å². The topological polar surface area (TPSA) is 35.2 Å². The minimum atomic E-state index is 0.302. The Labute approximate surface area is 104 Å². The summed E-state index contributed by atoms with van der Waals surface area (Å²) < 4.78 is 5.42. The highest BCUT2D eigenvalue weighted by Crippen LogP contribution is 2.69. The zero-order valence-corrected chi connectivity index (χ0v) is 11.3. The van der Waals surface area contributed by atoms with Crippen molar-refractivity contribution in [2.24, 2.45) is 22.5 Å². The van der Waals surface area contributed by atoms with E-state index in [4.69, 9.17) is 10.5 Å². The van der Waals surface area contributed by atoms with Crippen LogP contribution in [0, 0.1) is 16.7 Å². The van der Waals surface area contributed by atoms with Gasteiger partial charge in [-0.15, -0.1) is 0 Å². The zero-order chi connectivity index (χ0) is 12.7. The minimum absolute atomic E-state index is 0.302. The molecule has 1 aromatic rings. The molecule has 1 fully saturated rings. The number of hydrogen-bond acceptors (Lipinski definition) is 2. The first-order valence-electron chi connectivity index (χ1n) is 6.29. The molecule has 0 heterocycles. The highest BCUT2D eigenvalue weighted by molar-refractivity contribution is 5.36. The predicted octanol–water partition coefficient (Wildman–Crippen LogP) is 2.86. The Hall–Kier alpha value is -1.02. The molecule has 1 aliphatic carbocycles. The van der Waals surface area contributed by atoms with Gasteiger partial charge in [0.05, 0.1) is 7.11 Å². The molecule has 0 bridgehead atoms. The Bertz CT molecular complexity index is 413. The van der Waals surface area contributed by atoms with E-state index in [1.54, 1.807) is 7.11 Å². The second-order valence-corrected chi connectivity index (χ2v) is 5.92. The summed E-state index contributed by atoms with van der Waals surface area (Å²) in [6, 6.07) is 8.29. The number of rotatable bonds is 4. The van der Waals surface area contributed by atoms with Gasteiger partial charge in [-0.25, -0.2) is 0 Å². The molecule has 1 aromatic carbocycles. The maximum absolute atomic E-state index is 5.88. The van der Waals surface area contributed by atoms with Crippen LogP contribution < -0.4 is 10.5 Å². The second-order valence-electron chi connectivity index (χ2n) is 5.92. The second kappa shape index (κ2) is 4.02. The molecule has 2 heteroatoms. The SMILES string of the molecule is COc1ccccc1CC1(C)C(CN)C1(C)C. The average Bonchev–Trinajstić information content (AvgIpc) is 2.72. The Balaban J connectivity index is 2.23. The predicted molar refractivity (Wildman–Crippen MR) is 71.1 cm³/mol. The maximum Gasteiger partial charge on any atom is 0.122 e. The molecule has 0 saturated heterocycles. The normalized spacial score (nSPS) is 30.1. The summed E-state index contributed by atoms with van der Waals surface area (Å²) in [5.41, 5.74) is 7.81. The number of hydrogen-bond donors (Lipinski definition) is 1. The smallest absolute Gasteiger partial charge is 0.122 e. The molecule has 2 unspecified atom stereocenters. The van der Waals surface area contributed by atoms with E-state index in [0.29, 0.717) is 16.7 Å². The third kappa shape index (κ3) is 1.75. The van der Waals surface area contributed by atoms with Crippen LogP contribution in [0.3, 0.4) is 0 Å². The van der Waals surface area contributed by atoms with Crippen molar-refractivity contribution in [2.45, 2.75) is 27.2 Å². The molecular weight excluding hydrogens is 210 g/mol. The van der Waals surface area contributed by atoms with E-state index >= 15 is 0 Å². The molecule has 2 rings (SSSR count). The third-order valence-electron chi connectivity index (χ3n) is 5.01. The molecule has 2 nitrogen and oxygen atoms in total. The van der Waals surface area contributed by atoms with Gasteiger partial charge in [-0.3, -0.25) is 0 Å². The number of benzene rings is 1. The fraction of sp³-hybridized carbons (Fsp3) is 0.600. The number of ether oxygens (including phenoxy) is 1. The molecule has 0 aliphatic heterocycles. The van der Waals surface area contributed by atoms with Gasteiger partial charge in [0, 0.05) is 0 Å². The maximum atomic E-state index is 5.88. The third-order valence-corrected chi connectivity index (χ3v) is 5.01. The van der Waals surface area contributed by atoms with Crippen LogP contribution in [-0.4, -0.2) is 13.7 Å². The minimum Gasteiger partial charge on any atom is -0.496 e. The monoisotopic (exact) mass is 233 g/mol. The van der Waals surface area contributed by atoms with Crippen molar-refractivity contribution in [3.05, 3.63) is 29.8 Å². The Morgan fingerprint density at radius 3 is 2.41 bits per heavy atom. The van der Waals surface area contributed by atoms with Crippen molar-refractivity contribution in [1.82, 2.24) is 0 Å². The molecule has 2 atom stereocenters. The Morgan fingerprint density at radius 1 is 1.24 bits per heavy atom. The lowest BCUT2D eigenvalue weighted by atomic mass is 9.90. The molecule has 0 spiro atoms. The van der Waals surface area contributed by atoms with Gasteiger partial charge in [0.25, 0.3) is 0 Å². The lowest BCUT2D eigenvalue weighted by molar-refractivity contribution is 0.384. The average molecular weight is 233 g/mol. The molecule has 1 saturated carbocycles. The van der Waals surface area contributed by atoms with Crippen molar-refractivity contribution < 1.29 is 4.74 Å². The van der Waals surface area contributed by atoms with E-state index in [2.05, 4.69) is 32.9 Å². The van der Waals surface area contributed by atoms with Gasteiger partial charge in [0.15, 0.2) is 0 Å². The molecule has 0 radical (unpaired) electrons.